The van der Waals surface area contributed by atoms with Gasteiger partial charge in [-0.05, 0) is 35.9 Å². The van der Waals surface area contributed by atoms with Crippen LogP contribution in [0.15, 0.2) is 42.5 Å². The summed E-state index contributed by atoms with van der Waals surface area (Å²) in [6.45, 7) is 3.60. The quantitative estimate of drug-likeness (QED) is 0.712. The summed E-state index contributed by atoms with van der Waals surface area (Å²) >= 11 is 5.92. The fraction of sp³-hybridized carbons (Fsp3) is 0.300. The third kappa shape index (κ3) is 4.00. The highest BCUT2D eigenvalue weighted by Crippen LogP contribution is 2.21. The molecule has 2 aromatic carbocycles. The number of benzene rings is 2. The summed E-state index contributed by atoms with van der Waals surface area (Å²) in [5, 5.41) is 0.717. The molecule has 28 heavy (non-hydrogen) atoms. The smallest absolute Gasteiger partial charge is 0.295 e. The fourth-order valence-corrected chi connectivity index (χ4v) is 3.53. The second-order valence-corrected chi connectivity index (χ2v) is 7.29. The first-order valence-electron chi connectivity index (χ1n) is 9.03. The van der Waals surface area contributed by atoms with Crippen molar-refractivity contribution >= 4 is 28.5 Å². The summed E-state index contributed by atoms with van der Waals surface area (Å²) in [6.07, 6.45) is -2.67. The maximum atomic E-state index is 12.8. The molecule has 1 aliphatic heterocycles. The molecule has 1 fully saturated rings. The number of aromatic amines is 1. The van der Waals surface area contributed by atoms with Gasteiger partial charge in [-0.2, -0.15) is 0 Å². The lowest BCUT2D eigenvalue weighted by Gasteiger charge is -2.34. The van der Waals surface area contributed by atoms with Crippen molar-refractivity contribution < 1.29 is 13.6 Å². The number of piperazine rings is 1. The van der Waals surface area contributed by atoms with Gasteiger partial charge in [0.15, 0.2) is 5.82 Å². The van der Waals surface area contributed by atoms with E-state index in [4.69, 9.17) is 11.6 Å². The van der Waals surface area contributed by atoms with Crippen LogP contribution in [0, 0.1) is 0 Å². The molecule has 4 rings (SSSR count). The van der Waals surface area contributed by atoms with Gasteiger partial charge in [0.05, 0.1) is 11.0 Å². The highest BCUT2D eigenvalue weighted by atomic mass is 35.5. The van der Waals surface area contributed by atoms with Crippen LogP contribution in [-0.4, -0.2) is 51.9 Å². The van der Waals surface area contributed by atoms with E-state index >= 15 is 0 Å². The molecule has 3 aromatic rings. The number of amides is 1. The summed E-state index contributed by atoms with van der Waals surface area (Å²) in [4.78, 5) is 23.3. The first-order chi connectivity index (χ1) is 13.5. The predicted molar refractivity (Wildman–Crippen MR) is 104 cm³/mol. The molecule has 5 nitrogen and oxygen atoms in total. The number of imidazole rings is 1. The Hall–Kier alpha value is -2.51. The van der Waals surface area contributed by atoms with Crippen molar-refractivity contribution in [3.8, 4) is 0 Å². The number of nitrogens with one attached hydrogen (secondary N) is 1. The van der Waals surface area contributed by atoms with Crippen LogP contribution in [0.25, 0.3) is 11.0 Å². The van der Waals surface area contributed by atoms with Gasteiger partial charge in [-0.25, -0.2) is 13.8 Å². The number of hydrogen-bond donors (Lipinski definition) is 1. The van der Waals surface area contributed by atoms with E-state index in [1.807, 2.05) is 24.3 Å². The first kappa shape index (κ1) is 18.8. The van der Waals surface area contributed by atoms with E-state index in [1.165, 1.54) is 5.56 Å². The van der Waals surface area contributed by atoms with Gasteiger partial charge in [-0.15, -0.1) is 0 Å². The van der Waals surface area contributed by atoms with Gasteiger partial charge in [-0.1, -0.05) is 23.7 Å². The number of H-pyrrole nitrogens is 1. The zero-order valence-corrected chi connectivity index (χ0v) is 15.8. The van der Waals surface area contributed by atoms with E-state index < -0.39 is 6.43 Å². The Bertz CT molecular complexity index is 982. The van der Waals surface area contributed by atoms with Gasteiger partial charge >= 0.3 is 0 Å². The Morgan fingerprint density at radius 1 is 1.11 bits per heavy atom. The molecule has 8 heteroatoms. The average Bonchev–Trinajstić information content (AvgIpc) is 3.13. The number of carbonyl (C=O) groups excluding carboxylic acids is 1. The zero-order valence-electron chi connectivity index (χ0n) is 15.0. The van der Waals surface area contributed by atoms with E-state index in [-0.39, 0.29) is 11.7 Å². The second kappa shape index (κ2) is 7.85. The molecule has 1 saturated heterocycles. The number of fused-ring (bicyclic) bond motifs is 1. The number of hydrogen-bond acceptors (Lipinski definition) is 3. The van der Waals surface area contributed by atoms with Crippen LogP contribution in [-0.2, 0) is 6.54 Å². The van der Waals surface area contributed by atoms with Gasteiger partial charge in [0.2, 0.25) is 0 Å². The maximum absolute atomic E-state index is 12.8. The molecule has 0 bridgehead atoms. The standard InChI is InChI=1S/C20H19ClF2N4O/c21-15-4-1-13(2-5-15)12-26-7-9-27(10-8-26)20(28)14-3-6-16-17(11-14)25-19(24-16)18(22)23/h1-6,11,18H,7-10,12H2,(H,24,25). The van der Waals surface area contributed by atoms with Crippen LogP contribution < -0.4 is 0 Å². The molecular formula is C20H19ClF2N4O. The Morgan fingerprint density at radius 2 is 1.82 bits per heavy atom. The van der Waals surface area contributed by atoms with Crippen molar-refractivity contribution in [3.63, 3.8) is 0 Å². The van der Waals surface area contributed by atoms with Crippen LogP contribution in [0.1, 0.15) is 28.2 Å². The summed E-state index contributed by atoms with van der Waals surface area (Å²) in [5.41, 5.74) is 2.54. The normalized spacial score (nSPS) is 15.5. The van der Waals surface area contributed by atoms with Gasteiger partial charge in [-0.3, -0.25) is 9.69 Å². The lowest BCUT2D eigenvalue weighted by molar-refractivity contribution is 0.0628. The summed E-state index contributed by atoms with van der Waals surface area (Å²) in [6, 6.07) is 12.6. The predicted octanol–water partition coefficient (Wildman–Crippen LogP) is 4.11. The van der Waals surface area contributed by atoms with E-state index in [1.54, 1.807) is 23.1 Å². The molecule has 1 N–H and O–H groups in total. The second-order valence-electron chi connectivity index (χ2n) is 6.85. The molecule has 146 valence electrons. The maximum Gasteiger partial charge on any atom is 0.295 e. The molecule has 1 amide bonds. The Labute approximate surface area is 165 Å². The molecule has 0 spiro atoms. The minimum absolute atomic E-state index is 0.0961. The largest absolute Gasteiger partial charge is 0.337 e. The first-order valence-corrected chi connectivity index (χ1v) is 9.41. The Balaban J connectivity index is 1.39. The summed E-state index contributed by atoms with van der Waals surface area (Å²) in [5.74, 6) is -0.475. The van der Waals surface area contributed by atoms with Crippen molar-refractivity contribution in [2.45, 2.75) is 13.0 Å². The number of halogens is 3. The number of carbonyl (C=O) groups is 1. The third-order valence-corrected chi connectivity index (χ3v) is 5.18. The highest BCUT2D eigenvalue weighted by molar-refractivity contribution is 6.30. The summed E-state index contributed by atoms with van der Waals surface area (Å²) < 4.78 is 25.6. The lowest BCUT2D eigenvalue weighted by Crippen LogP contribution is -2.48. The van der Waals surface area contributed by atoms with Crippen molar-refractivity contribution in [3.05, 3.63) is 64.4 Å². The number of aromatic nitrogens is 2. The van der Waals surface area contributed by atoms with Crippen molar-refractivity contribution in [2.75, 3.05) is 26.2 Å². The molecular weight excluding hydrogens is 386 g/mol. The van der Waals surface area contributed by atoms with Crippen LogP contribution in [0.5, 0.6) is 0 Å². The lowest BCUT2D eigenvalue weighted by atomic mass is 10.1. The van der Waals surface area contributed by atoms with E-state index in [0.717, 1.165) is 19.6 Å². The Kier molecular flexibility index (Phi) is 5.28. The van der Waals surface area contributed by atoms with Crippen LogP contribution in [0.2, 0.25) is 5.02 Å². The number of alkyl halides is 2. The molecule has 1 aromatic heterocycles. The van der Waals surface area contributed by atoms with Gasteiger partial charge < -0.3 is 9.88 Å². The monoisotopic (exact) mass is 404 g/mol. The molecule has 0 unspecified atom stereocenters. The highest BCUT2D eigenvalue weighted by Gasteiger charge is 2.23. The molecule has 0 atom stereocenters. The van der Waals surface area contributed by atoms with E-state index in [9.17, 15) is 13.6 Å². The third-order valence-electron chi connectivity index (χ3n) is 4.93. The fourth-order valence-electron chi connectivity index (χ4n) is 3.41. The van der Waals surface area contributed by atoms with Crippen molar-refractivity contribution in [1.29, 1.82) is 0 Å². The van der Waals surface area contributed by atoms with E-state index in [2.05, 4.69) is 14.9 Å². The average molecular weight is 405 g/mol. The van der Waals surface area contributed by atoms with Crippen molar-refractivity contribution in [1.82, 2.24) is 19.8 Å². The topological polar surface area (TPSA) is 52.2 Å². The molecule has 0 aliphatic carbocycles. The van der Waals surface area contributed by atoms with Gasteiger partial charge in [0.25, 0.3) is 12.3 Å². The molecule has 0 saturated carbocycles. The molecule has 0 radical (unpaired) electrons. The summed E-state index contributed by atoms with van der Waals surface area (Å²) in [7, 11) is 0. The van der Waals surface area contributed by atoms with Crippen LogP contribution >= 0.6 is 11.6 Å². The van der Waals surface area contributed by atoms with Gasteiger partial charge in [0.1, 0.15) is 0 Å². The van der Waals surface area contributed by atoms with Crippen LogP contribution in [0.3, 0.4) is 0 Å². The minimum Gasteiger partial charge on any atom is -0.337 e. The van der Waals surface area contributed by atoms with Crippen molar-refractivity contribution in [2.24, 2.45) is 0 Å². The van der Waals surface area contributed by atoms with Gasteiger partial charge in [0, 0.05) is 43.3 Å². The SMILES string of the molecule is O=C(c1ccc2nc(C(F)F)[nH]c2c1)N1CCN(Cc2ccc(Cl)cc2)CC1. The molecule has 1 aliphatic rings. The number of rotatable bonds is 4. The minimum atomic E-state index is -2.67. The van der Waals surface area contributed by atoms with E-state index in [0.29, 0.717) is 34.7 Å². The number of nitrogens with zero attached hydrogens (tertiary/aromatic N) is 3. The van der Waals surface area contributed by atoms with Crippen LogP contribution in [0.4, 0.5) is 8.78 Å². The Morgan fingerprint density at radius 3 is 2.50 bits per heavy atom. The molecule has 2 heterocycles. The zero-order chi connectivity index (χ0) is 19.7.